The van der Waals surface area contributed by atoms with E-state index in [9.17, 15) is 14.7 Å². The van der Waals surface area contributed by atoms with Crippen LogP contribution in [0, 0.1) is 5.92 Å². The van der Waals surface area contributed by atoms with Crippen molar-refractivity contribution in [2.45, 2.75) is 69.2 Å². The number of ether oxygens (including phenoxy) is 2. The van der Waals surface area contributed by atoms with Crippen LogP contribution in [0.15, 0.2) is 133 Å². The largest absolute Gasteiger partial charge is 0.497 e. The fraction of sp³-hybridized carbons (Fsp3) is 0.275. The Labute approximate surface area is 357 Å². The third-order valence-electron chi connectivity index (χ3n) is 14.1. The predicted octanol–water partition coefficient (Wildman–Crippen LogP) is 8.24. The molecule has 10 heteroatoms. The Kier molecular flexibility index (Phi) is 9.50. The lowest BCUT2D eigenvalue weighted by molar-refractivity contribution is -0.151. The van der Waals surface area contributed by atoms with Gasteiger partial charge in [0.25, 0.3) is 11.8 Å². The second-order valence-corrected chi connectivity index (χ2v) is 22.3. The summed E-state index contributed by atoms with van der Waals surface area (Å²) in [5.74, 6) is 0.209. The molecule has 4 aliphatic heterocycles. The molecule has 10 rings (SSSR count). The number of carbonyl (C=O) groups is 3. The van der Waals surface area contributed by atoms with E-state index in [1.807, 2.05) is 119 Å². The molecule has 0 saturated carbocycles. The van der Waals surface area contributed by atoms with E-state index in [4.69, 9.17) is 9.47 Å². The summed E-state index contributed by atoms with van der Waals surface area (Å²) in [5.41, 5.74) is 5.63. The van der Waals surface area contributed by atoms with E-state index >= 15 is 4.79 Å². The van der Waals surface area contributed by atoms with Gasteiger partial charge in [-0.3, -0.25) is 19.3 Å². The van der Waals surface area contributed by atoms with Crippen molar-refractivity contribution < 1.29 is 29.0 Å². The van der Waals surface area contributed by atoms with Gasteiger partial charge in [-0.1, -0.05) is 116 Å². The van der Waals surface area contributed by atoms with Gasteiger partial charge in [0.05, 0.1) is 63.8 Å². The Balaban J connectivity index is 0.983. The highest BCUT2D eigenvalue weighted by Crippen LogP contribution is 2.60. The molecule has 1 fully saturated rings. The molecule has 6 aromatic rings. The molecule has 308 valence electrons. The average molecular weight is 828 g/mol. The van der Waals surface area contributed by atoms with Gasteiger partial charge in [-0.15, -0.1) is 0 Å². The van der Waals surface area contributed by atoms with Crippen molar-refractivity contribution in [3.63, 3.8) is 0 Å². The number of hydrogen-bond donors (Lipinski definition) is 1. The lowest BCUT2D eigenvalue weighted by Gasteiger charge is -2.39. The Morgan fingerprint density at radius 2 is 1.52 bits per heavy atom. The van der Waals surface area contributed by atoms with Crippen LogP contribution in [0.4, 0.5) is 17.1 Å². The number of carbonyl (C=O) groups excluding carboxylic acids is 3. The maximum atomic E-state index is 15.4. The summed E-state index contributed by atoms with van der Waals surface area (Å²) >= 11 is 0. The second-order valence-electron chi connectivity index (χ2n) is 17.6. The highest BCUT2D eigenvalue weighted by atomic mass is 28.3. The third-order valence-corrected chi connectivity index (χ3v) is 18.5. The van der Waals surface area contributed by atoms with Gasteiger partial charge in [0.15, 0.2) is 5.60 Å². The molecule has 0 radical (unpaired) electrons. The van der Waals surface area contributed by atoms with Crippen LogP contribution in [0.3, 0.4) is 0 Å². The van der Waals surface area contributed by atoms with Crippen molar-refractivity contribution in [3.05, 3.63) is 161 Å². The first-order valence-electron chi connectivity index (χ1n) is 21.2. The van der Waals surface area contributed by atoms with Crippen LogP contribution in [-0.2, 0) is 39.4 Å². The molecule has 0 aromatic heterocycles. The van der Waals surface area contributed by atoms with E-state index in [1.54, 1.807) is 12.0 Å². The number of anilines is 3. The number of amides is 3. The average Bonchev–Trinajstić information content (AvgIpc) is 3.84. The summed E-state index contributed by atoms with van der Waals surface area (Å²) in [6.45, 7) is 7.36. The van der Waals surface area contributed by atoms with Crippen molar-refractivity contribution >= 4 is 58.8 Å². The van der Waals surface area contributed by atoms with Gasteiger partial charge in [0.2, 0.25) is 5.91 Å². The number of benzene rings is 6. The Hall–Kier alpha value is -6.07. The zero-order valence-corrected chi connectivity index (χ0v) is 35.9. The van der Waals surface area contributed by atoms with E-state index in [0.29, 0.717) is 25.1 Å². The third kappa shape index (κ3) is 6.06. The van der Waals surface area contributed by atoms with Crippen LogP contribution in [0.25, 0.3) is 10.8 Å². The minimum absolute atomic E-state index is 0.0572. The first kappa shape index (κ1) is 39.1. The molecule has 61 heavy (non-hydrogen) atoms. The zero-order valence-electron chi connectivity index (χ0n) is 34.9. The molecule has 1 saturated heterocycles. The van der Waals surface area contributed by atoms with Gasteiger partial charge in [-0.05, 0) is 76.5 Å². The van der Waals surface area contributed by atoms with Crippen LogP contribution in [0.5, 0.6) is 5.75 Å². The summed E-state index contributed by atoms with van der Waals surface area (Å²) in [6.07, 6.45) is 0.108. The van der Waals surface area contributed by atoms with Crippen molar-refractivity contribution in [2.24, 2.45) is 5.92 Å². The molecule has 0 bridgehead atoms. The lowest BCUT2D eigenvalue weighted by Crippen LogP contribution is -2.52. The number of aliphatic hydroxyl groups is 1. The molecule has 6 aromatic carbocycles. The predicted molar refractivity (Wildman–Crippen MR) is 240 cm³/mol. The number of fused-ring (bicyclic) bond motifs is 3. The topological polar surface area (TPSA) is 99.6 Å². The first-order valence-corrected chi connectivity index (χ1v) is 24.3. The monoisotopic (exact) mass is 827 g/mol. The van der Waals surface area contributed by atoms with Crippen LogP contribution < -0.4 is 19.7 Å². The second kappa shape index (κ2) is 14.8. The van der Waals surface area contributed by atoms with E-state index in [0.717, 1.165) is 55.8 Å². The van der Waals surface area contributed by atoms with Crippen molar-refractivity contribution in [1.82, 2.24) is 4.90 Å². The summed E-state index contributed by atoms with van der Waals surface area (Å²) in [7, 11) is -0.859. The van der Waals surface area contributed by atoms with Crippen molar-refractivity contribution in [1.29, 1.82) is 0 Å². The van der Waals surface area contributed by atoms with Crippen molar-refractivity contribution in [2.75, 3.05) is 23.5 Å². The summed E-state index contributed by atoms with van der Waals surface area (Å²) in [5, 5.41) is 13.7. The Bertz CT molecular complexity index is 2710. The molecular weight excluding hydrogens is 779 g/mol. The Morgan fingerprint density at radius 3 is 2.26 bits per heavy atom. The molecule has 4 heterocycles. The number of rotatable bonds is 9. The lowest BCUT2D eigenvalue weighted by atomic mass is 9.82. The summed E-state index contributed by atoms with van der Waals surface area (Å²) in [6, 6.07) is 43.6. The number of methoxy groups -OCH3 is 1. The molecule has 0 aliphatic carbocycles. The number of para-hydroxylation sites is 1. The van der Waals surface area contributed by atoms with E-state index in [1.165, 1.54) is 5.19 Å². The molecule has 3 amide bonds. The van der Waals surface area contributed by atoms with Gasteiger partial charge in [0.1, 0.15) is 5.75 Å². The van der Waals surface area contributed by atoms with Crippen LogP contribution in [0.2, 0.25) is 18.6 Å². The minimum Gasteiger partial charge on any atom is -0.497 e. The normalized spacial score (nSPS) is 22.9. The molecule has 4 aliphatic rings. The first-order chi connectivity index (χ1) is 29.5. The van der Waals surface area contributed by atoms with Gasteiger partial charge >= 0.3 is 0 Å². The van der Waals surface area contributed by atoms with E-state index in [-0.39, 0.29) is 48.3 Å². The zero-order chi connectivity index (χ0) is 42.2. The fourth-order valence-electron chi connectivity index (χ4n) is 11.1. The minimum atomic E-state index is -2.52. The van der Waals surface area contributed by atoms with E-state index in [2.05, 4.69) is 44.3 Å². The SMILES string of the molecule is COc1ccc([Si](C)(C)[C@H]2[C@H](CC(=O)N3Cc4ccccc4C[C@H]3CO)O[C@@]3(C(=O)N(Cc4ccc(N5C(=O)c6cccc7cccc5c67)cc4)c4ccccc43)[C@@H]2C)cc1. The standard InChI is InChI=1S/C51H49N3O6Si/c1-32-48(61(3,4)40-25-23-39(59-2)24-26-40)45(28-46(56)52-30-36-12-6-5-11-35(36)27-38(52)31-55)60-51(32)42-16-7-8-17-43(42)53(50(51)58)29-33-19-21-37(22-20-33)54-44-18-10-14-34-13-9-15-41(47(34)44)49(54)57/h5-26,32,38,45,48,55H,27-31H2,1-4H3/t32-,38+,45+,48-,51+/m1/s1. The number of hydrogen-bond acceptors (Lipinski definition) is 6. The summed E-state index contributed by atoms with van der Waals surface area (Å²) in [4.78, 5) is 49.2. The summed E-state index contributed by atoms with van der Waals surface area (Å²) < 4.78 is 12.8. The highest BCUT2D eigenvalue weighted by molar-refractivity contribution is 6.91. The van der Waals surface area contributed by atoms with Crippen molar-refractivity contribution in [3.8, 4) is 5.75 Å². The van der Waals surface area contributed by atoms with E-state index < -0.39 is 19.8 Å². The maximum Gasteiger partial charge on any atom is 0.264 e. The van der Waals surface area contributed by atoms with Gasteiger partial charge < -0.3 is 24.4 Å². The molecule has 5 atom stereocenters. The maximum absolute atomic E-state index is 15.4. The number of nitrogens with zero attached hydrogens (tertiary/aromatic N) is 3. The fourth-order valence-corrected chi connectivity index (χ4v) is 15.1. The number of aliphatic hydroxyl groups excluding tert-OH is 1. The molecular formula is C51H49N3O6Si. The van der Waals surface area contributed by atoms with Crippen LogP contribution in [0.1, 0.15) is 46.0 Å². The Morgan fingerprint density at radius 1 is 0.836 bits per heavy atom. The van der Waals surface area contributed by atoms with Crippen LogP contribution in [-0.4, -0.2) is 61.7 Å². The quantitative estimate of drug-likeness (QED) is 0.148. The molecule has 9 nitrogen and oxygen atoms in total. The molecule has 1 spiro atoms. The van der Waals surface area contributed by atoms with Crippen LogP contribution >= 0.6 is 0 Å². The van der Waals surface area contributed by atoms with Gasteiger partial charge in [0, 0.05) is 29.1 Å². The van der Waals surface area contributed by atoms with Gasteiger partial charge in [-0.25, -0.2) is 0 Å². The molecule has 1 N–H and O–H groups in total. The van der Waals surface area contributed by atoms with Gasteiger partial charge in [-0.2, -0.15) is 0 Å². The smallest absolute Gasteiger partial charge is 0.264 e. The molecule has 0 unspecified atom stereocenters. The highest BCUT2D eigenvalue weighted by Gasteiger charge is 2.66.